The van der Waals surface area contributed by atoms with Crippen molar-refractivity contribution >= 4 is 31.3 Å². The number of hydrogen-bond donors (Lipinski definition) is 0. The number of hydrogen-bond acceptors (Lipinski definition) is 2. The number of rotatable bonds is 2. The second-order valence-electron chi connectivity index (χ2n) is 4.48. The van der Waals surface area contributed by atoms with Crippen LogP contribution in [0.1, 0.15) is 31.7 Å². The van der Waals surface area contributed by atoms with Crippen molar-refractivity contribution in [3.05, 3.63) is 28.2 Å². The van der Waals surface area contributed by atoms with E-state index in [-0.39, 0.29) is 0 Å². The van der Waals surface area contributed by atoms with Gasteiger partial charge in [-0.25, -0.2) is 4.21 Å². The molecule has 1 aliphatic heterocycles. The van der Waals surface area contributed by atoms with Crippen molar-refractivity contribution in [3.63, 3.8) is 0 Å². The van der Waals surface area contributed by atoms with E-state index in [1.807, 2.05) is 12.1 Å². The first-order valence-electron chi connectivity index (χ1n) is 5.52. The average Bonchev–Trinajstić information content (AvgIpc) is 2.18. The second-order valence-corrected chi connectivity index (χ2v) is 7.94. The summed E-state index contributed by atoms with van der Waals surface area (Å²) in [6.45, 7) is 4.27. The fraction of sp³-hybridized carbons (Fsp3) is 0.500. The molecule has 0 spiro atoms. The van der Waals surface area contributed by atoms with Gasteiger partial charge in [0.2, 0.25) is 0 Å². The Hall–Kier alpha value is -0.350. The van der Waals surface area contributed by atoms with E-state index < -0.39 is 9.73 Å². The third kappa shape index (κ3) is 2.48. The molecule has 1 saturated heterocycles. The van der Waals surface area contributed by atoms with Crippen LogP contribution in [0.3, 0.4) is 0 Å². The van der Waals surface area contributed by atoms with E-state index in [2.05, 4.69) is 40.2 Å². The normalized spacial score (nSPS) is 18.2. The standard InChI is InChI=1S/C12H16BrNOS/c1-9(2)11-8-10(13)4-5-12(11)14-16(15)6-3-7-16/h4-5,8-9H,3,6-7H2,1-2H3. The van der Waals surface area contributed by atoms with Crippen molar-refractivity contribution in [2.24, 2.45) is 4.36 Å². The van der Waals surface area contributed by atoms with Crippen LogP contribution < -0.4 is 0 Å². The van der Waals surface area contributed by atoms with Crippen LogP contribution >= 0.6 is 15.9 Å². The summed E-state index contributed by atoms with van der Waals surface area (Å²) in [7, 11) is -1.90. The Bertz CT molecular complexity index is 506. The van der Waals surface area contributed by atoms with Crippen molar-refractivity contribution in [3.8, 4) is 0 Å². The van der Waals surface area contributed by atoms with E-state index in [1.54, 1.807) is 0 Å². The molecule has 0 atom stereocenters. The Morgan fingerprint density at radius 1 is 1.38 bits per heavy atom. The fourth-order valence-corrected chi connectivity index (χ4v) is 3.60. The summed E-state index contributed by atoms with van der Waals surface area (Å²) in [5, 5.41) is 0. The second kappa shape index (κ2) is 4.49. The van der Waals surface area contributed by atoms with Crippen LogP contribution in [-0.2, 0) is 9.73 Å². The van der Waals surface area contributed by atoms with Crippen molar-refractivity contribution in [2.45, 2.75) is 26.2 Å². The van der Waals surface area contributed by atoms with Gasteiger partial charge in [0.15, 0.2) is 0 Å². The number of benzene rings is 1. The molecule has 1 fully saturated rings. The van der Waals surface area contributed by atoms with E-state index in [0.717, 1.165) is 28.1 Å². The third-order valence-electron chi connectivity index (χ3n) is 2.80. The van der Waals surface area contributed by atoms with Crippen LogP contribution in [0.4, 0.5) is 5.69 Å². The van der Waals surface area contributed by atoms with E-state index in [0.29, 0.717) is 5.92 Å². The summed E-state index contributed by atoms with van der Waals surface area (Å²) in [5.41, 5.74) is 2.08. The molecule has 4 heteroatoms. The minimum absolute atomic E-state index is 0.402. The monoisotopic (exact) mass is 301 g/mol. The highest BCUT2D eigenvalue weighted by Gasteiger charge is 2.20. The van der Waals surface area contributed by atoms with Gasteiger partial charge in [0.25, 0.3) is 0 Å². The summed E-state index contributed by atoms with van der Waals surface area (Å²) in [6.07, 6.45) is 1.05. The topological polar surface area (TPSA) is 29.4 Å². The molecule has 1 heterocycles. The van der Waals surface area contributed by atoms with Gasteiger partial charge >= 0.3 is 0 Å². The zero-order valence-corrected chi connectivity index (χ0v) is 12.0. The van der Waals surface area contributed by atoms with Gasteiger partial charge in [-0.05, 0) is 36.1 Å². The van der Waals surface area contributed by atoms with E-state index in [4.69, 9.17) is 0 Å². The molecule has 2 rings (SSSR count). The summed E-state index contributed by atoms with van der Waals surface area (Å²) >= 11 is 3.46. The first-order chi connectivity index (χ1) is 7.50. The molecule has 0 unspecified atom stereocenters. The quantitative estimate of drug-likeness (QED) is 0.809. The van der Waals surface area contributed by atoms with Gasteiger partial charge < -0.3 is 0 Å². The van der Waals surface area contributed by atoms with Crippen molar-refractivity contribution in [1.29, 1.82) is 0 Å². The number of nitrogens with zero attached hydrogens (tertiary/aromatic N) is 1. The average molecular weight is 302 g/mol. The Morgan fingerprint density at radius 2 is 2.06 bits per heavy atom. The summed E-state index contributed by atoms with van der Waals surface area (Å²) < 4.78 is 17.6. The predicted molar refractivity (Wildman–Crippen MR) is 72.8 cm³/mol. The molecule has 1 aromatic rings. The highest BCUT2D eigenvalue weighted by Crippen LogP contribution is 2.32. The summed E-state index contributed by atoms with van der Waals surface area (Å²) in [5.74, 6) is 1.93. The van der Waals surface area contributed by atoms with Crippen LogP contribution in [-0.4, -0.2) is 15.7 Å². The molecular weight excluding hydrogens is 286 g/mol. The fourth-order valence-electron chi connectivity index (χ4n) is 1.73. The Labute approximate surface area is 106 Å². The van der Waals surface area contributed by atoms with Crippen LogP contribution in [0, 0.1) is 0 Å². The third-order valence-corrected chi connectivity index (χ3v) is 5.68. The van der Waals surface area contributed by atoms with Gasteiger partial charge in [0.1, 0.15) is 0 Å². The molecule has 0 bridgehead atoms. The molecule has 0 N–H and O–H groups in total. The summed E-state index contributed by atoms with van der Waals surface area (Å²) in [6, 6.07) is 6.00. The largest absolute Gasteiger partial charge is 0.249 e. The lowest BCUT2D eigenvalue weighted by atomic mass is 10.0. The van der Waals surface area contributed by atoms with Gasteiger partial charge in [-0.15, -0.1) is 0 Å². The first-order valence-corrected chi connectivity index (χ1v) is 8.17. The lowest BCUT2D eigenvalue weighted by Gasteiger charge is -2.19. The Balaban J connectivity index is 2.48. The molecule has 0 amide bonds. The van der Waals surface area contributed by atoms with Gasteiger partial charge in [-0.1, -0.05) is 29.8 Å². The smallest absolute Gasteiger partial charge is 0.0765 e. The molecule has 0 saturated carbocycles. The Morgan fingerprint density at radius 3 is 2.56 bits per heavy atom. The van der Waals surface area contributed by atoms with Crippen LogP contribution in [0.25, 0.3) is 0 Å². The Kier molecular flexibility index (Phi) is 3.40. The lowest BCUT2D eigenvalue weighted by molar-refractivity contribution is 0.663. The van der Waals surface area contributed by atoms with Crippen molar-refractivity contribution in [1.82, 2.24) is 0 Å². The molecule has 88 valence electrons. The van der Waals surface area contributed by atoms with E-state index >= 15 is 0 Å². The molecular formula is C12H16BrNOS. The highest BCUT2D eigenvalue weighted by molar-refractivity contribution is 9.10. The summed E-state index contributed by atoms with van der Waals surface area (Å²) in [4.78, 5) is 0. The molecule has 0 aromatic heterocycles. The maximum absolute atomic E-state index is 12.1. The van der Waals surface area contributed by atoms with Crippen LogP contribution in [0.2, 0.25) is 0 Å². The SMILES string of the molecule is CC(C)c1cc(Br)ccc1N=S1(=O)CCC1. The molecule has 2 nitrogen and oxygen atoms in total. The van der Waals surface area contributed by atoms with Crippen LogP contribution in [0.15, 0.2) is 27.0 Å². The first kappa shape index (κ1) is 12.1. The molecule has 1 aliphatic rings. The molecule has 1 aromatic carbocycles. The zero-order valence-electron chi connectivity index (χ0n) is 9.57. The minimum atomic E-state index is -1.90. The van der Waals surface area contributed by atoms with Crippen molar-refractivity contribution < 1.29 is 4.21 Å². The van der Waals surface area contributed by atoms with Gasteiger partial charge in [0.05, 0.1) is 15.4 Å². The zero-order chi connectivity index (χ0) is 11.8. The lowest BCUT2D eigenvalue weighted by Crippen LogP contribution is -2.23. The van der Waals surface area contributed by atoms with Crippen LogP contribution in [0.5, 0.6) is 0 Å². The molecule has 0 aliphatic carbocycles. The van der Waals surface area contributed by atoms with Crippen molar-refractivity contribution in [2.75, 3.05) is 11.5 Å². The van der Waals surface area contributed by atoms with Gasteiger partial charge in [-0.2, -0.15) is 4.36 Å². The molecule has 0 radical (unpaired) electrons. The van der Waals surface area contributed by atoms with E-state index in [1.165, 1.54) is 5.56 Å². The van der Waals surface area contributed by atoms with Gasteiger partial charge in [0, 0.05) is 16.0 Å². The molecule has 16 heavy (non-hydrogen) atoms. The predicted octanol–water partition coefficient (Wildman–Crippen LogP) is 4.08. The maximum Gasteiger partial charge on any atom is 0.0765 e. The minimum Gasteiger partial charge on any atom is -0.249 e. The van der Waals surface area contributed by atoms with E-state index in [9.17, 15) is 4.21 Å². The van der Waals surface area contributed by atoms with Gasteiger partial charge in [-0.3, -0.25) is 0 Å². The number of halogens is 1. The highest BCUT2D eigenvalue weighted by atomic mass is 79.9. The maximum atomic E-state index is 12.1.